The van der Waals surface area contributed by atoms with Crippen LogP contribution in [0.5, 0.6) is 0 Å². The summed E-state index contributed by atoms with van der Waals surface area (Å²) in [6, 6.07) is 1.89. The molecule has 1 rings (SSSR count). The molecule has 3 nitrogen and oxygen atoms in total. The number of hydrogen-bond donors (Lipinski definition) is 0. The predicted molar refractivity (Wildman–Crippen MR) is 37.0 cm³/mol. The lowest BCUT2D eigenvalue weighted by Gasteiger charge is -2.00. The maximum absolute atomic E-state index is 11.0. The quantitative estimate of drug-likeness (QED) is 0.559. The summed E-state index contributed by atoms with van der Waals surface area (Å²) in [5.41, 5.74) is 0. The molecule has 0 radical (unpaired) electrons. The van der Waals surface area contributed by atoms with Gasteiger partial charge in [0.05, 0.1) is 23.5 Å². The lowest BCUT2D eigenvalue weighted by atomic mass is 10.2. The molecule has 0 aliphatic carbocycles. The second-order valence-corrected chi connectivity index (χ2v) is 4.89. The summed E-state index contributed by atoms with van der Waals surface area (Å²) < 4.78 is 22.0. The predicted octanol–water partition coefficient (Wildman–Crippen LogP) is 0.477. The van der Waals surface area contributed by atoms with Crippen LogP contribution in [0.2, 0.25) is 0 Å². The normalized spacial score (nSPS) is 29.7. The molecule has 10 heavy (non-hydrogen) atoms. The SMILES string of the molecule is N#CCC1CCCS1(=O)=O. The van der Waals surface area contributed by atoms with Gasteiger partial charge in [0.15, 0.2) is 9.84 Å². The zero-order valence-electron chi connectivity index (χ0n) is 5.58. The Morgan fingerprint density at radius 3 is 2.70 bits per heavy atom. The van der Waals surface area contributed by atoms with E-state index in [0.29, 0.717) is 6.42 Å². The van der Waals surface area contributed by atoms with Crippen LogP contribution in [-0.2, 0) is 9.84 Å². The van der Waals surface area contributed by atoms with E-state index in [4.69, 9.17) is 5.26 Å². The summed E-state index contributed by atoms with van der Waals surface area (Å²) in [6.45, 7) is 0. The third-order valence-corrected chi connectivity index (χ3v) is 4.06. The Labute approximate surface area is 60.6 Å². The summed E-state index contributed by atoms with van der Waals surface area (Å²) in [4.78, 5) is 0. The number of nitriles is 1. The van der Waals surface area contributed by atoms with E-state index < -0.39 is 9.84 Å². The Morgan fingerprint density at radius 2 is 2.30 bits per heavy atom. The molecule has 1 unspecified atom stereocenters. The summed E-state index contributed by atoms with van der Waals surface area (Å²) >= 11 is 0. The van der Waals surface area contributed by atoms with Gasteiger partial charge in [0.1, 0.15) is 0 Å². The minimum Gasteiger partial charge on any atom is -0.229 e. The van der Waals surface area contributed by atoms with Crippen molar-refractivity contribution in [3.8, 4) is 6.07 Å². The Balaban J connectivity index is 2.72. The Bertz CT molecular complexity index is 249. The molecule has 0 N–H and O–H groups in total. The fourth-order valence-electron chi connectivity index (χ4n) is 1.19. The van der Waals surface area contributed by atoms with E-state index in [9.17, 15) is 8.42 Å². The first-order valence-corrected chi connectivity index (χ1v) is 4.97. The molecule has 0 amide bonds. The monoisotopic (exact) mass is 159 g/mol. The highest BCUT2D eigenvalue weighted by Crippen LogP contribution is 2.21. The molecule has 1 heterocycles. The van der Waals surface area contributed by atoms with Crippen LogP contribution in [0.1, 0.15) is 19.3 Å². The largest absolute Gasteiger partial charge is 0.229 e. The number of sulfone groups is 1. The van der Waals surface area contributed by atoms with E-state index >= 15 is 0 Å². The molecule has 0 saturated carbocycles. The van der Waals surface area contributed by atoms with Gasteiger partial charge in [0, 0.05) is 0 Å². The summed E-state index contributed by atoms with van der Waals surface area (Å²) in [7, 11) is -2.87. The molecule has 1 fully saturated rings. The summed E-state index contributed by atoms with van der Waals surface area (Å²) in [5, 5.41) is 7.88. The van der Waals surface area contributed by atoms with Crippen molar-refractivity contribution in [1.82, 2.24) is 0 Å². The number of hydrogen-bond acceptors (Lipinski definition) is 3. The standard InChI is InChI=1S/C6H9NO2S/c7-4-3-6-2-1-5-10(6,8)9/h6H,1-3,5H2. The second-order valence-electron chi connectivity index (χ2n) is 2.49. The van der Waals surface area contributed by atoms with Crippen molar-refractivity contribution in [2.75, 3.05) is 5.75 Å². The highest BCUT2D eigenvalue weighted by atomic mass is 32.2. The molecule has 0 aromatic rings. The van der Waals surface area contributed by atoms with Crippen LogP contribution in [0.15, 0.2) is 0 Å². The lowest BCUT2D eigenvalue weighted by molar-refractivity contribution is 0.590. The molecule has 0 bridgehead atoms. The van der Waals surface area contributed by atoms with Gasteiger partial charge < -0.3 is 0 Å². The first-order valence-electron chi connectivity index (χ1n) is 3.25. The molecule has 56 valence electrons. The van der Waals surface area contributed by atoms with Crippen LogP contribution < -0.4 is 0 Å². The third-order valence-electron chi connectivity index (χ3n) is 1.78. The lowest BCUT2D eigenvalue weighted by Crippen LogP contribution is -2.14. The average Bonchev–Trinajstić information content (AvgIpc) is 2.13. The van der Waals surface area contributed by atoms with Crippen LogP contribution >= 0.6 is 0 Å². The summed E-state index contributed by atoms with van der Waals surface area (Å²) in [5.74, 6) is 0.277. The van der Waals surface area contributed by atoms with Gasteiger partial charge in [-0.05, 0) is 12.8 Å². The molecule has 1 saturated heterocycles. The molecule has 1 aliphatic heterocycles. The molecule has 0 aromatic heterocycles. The fourth-order valence-corrected chi connectivity index (χ4v) is 2.95. The first-order chi connectivity index (χ1) is 4.67. The molecule has 1 aliphatic rings. The van der Waals surface area contributed by atoms with Gasteiger partial charge >= 0.3 is 0 Å². The van der Waals surface area contributed by atoms with Gasteiger partial charge in [-0.15, -0.1) is 0 Å². The molecular formula is C6H9NO2S. The fraction of sp³-hybridized carbons (Fsp3) is 0.833. The van der Waals surface area contributed by atoms with E-state index in [2.05, 4.69) is 0 Å². The molecule has 0 spiro atoms. The Hall–Kier alpha value is -0.560. The van der Waals surface area contributed by atoms with Gasteiger partial charge in [-0.3, -0.25) is 0 Å². The van der Waals surface area contributed by atoms with Gasteiger partial charge in [-0.25, -0.2) is 8.42 Å². The van der Waals surface area contributed by atoms with E-state index in [1.165, 1.54) is 0 Å². The summed E-state index contributed by atoms with van der Waals surface area (Å²) in [6.07, 6.45) is 1.58. The van der Waals surface area contributed by atoms with E-state index in [0.717, 1.165) is 6.42 Å². The van der Waals surface area contributed by atoms with Crippen molar-refractivity contribution < 1.29 is 8.42 Å². The minimum atomic E-state index is -2.87. The van der Waals surface area contributed by atoms with Crippen molar-refractivity contribution in [3.63, 3.8) is 0 Å². The van der Waals surface area contributed by atoms with Crippen LogP contribution in [0, 0.1) is 11.3 Å². The Morgan fingerprint density at radius 1 is 1.60 bits per heavy atom. The first kappa shape index (κ1) is 7.55. The van der Waals surface area contributed by atoms with Gasteiger partial charge in [0.25, 0.3) is 0 Å². The van der Waals surface area contributed by atoms with Crippen LogP contribution in [-0.4, -0.2) is 19.4 Å². The van der Waals surface area contributed by atoms with Crippen LogP contribution in [0.3, 0.4) is 0 Å². The molecule has 0 aromatic carbocycles. The smallest absolute Gasteiger partial charge is 0.154 e. The van der Waals surface area contributed by atoms with Gasteiger partial charge in [-0.1, -0.05) is 0 Å². The van der Waals surface area contributed by atoms with E-state index in [1.807, 2.05) is 6.07 Å². The average molecular weight is 159 g/mol. The zero-order chi connectivity index (χ0) is 7.61. The van der Waals surface area contributed by atoms with E-state index in [1.54, 1.807) is 0 Å². The molecule has 4 heteroatoms. The van der Waals surface area contributed by atoms with Crippen molar-refractivity contribution >= 4 is 9.84 Å². The maximum Gasteiger partial charge on any atom is 0.154 e. The van der Waals surface area contributed by atoms with E-state index in [-0.39, 0.29) is 17.4 Å². The Kier molecular flexibility index (Phi) is 1.95. The van der Waals surface area contributed by atoms with Crippen molar-refractivity contribution in [2.45, 2.75) is 24.5 Å². The second kappa shape index (κ2) is 2.59. The minimum absolute atomic E-state index is 0.169. The number of nitrogens with zero attached hydrogens (tertiary/aromatic N) is 1. The van der Waals surface area contributed by atoms with Gasteiger partial charge in [-0.2, -0.15) is 5.26 Å². The number of rotatable bonds is 1. The topological polar surface area (TPSA) is 57.9 Å². The highest BCUT2D eigenvalue weighted by Gasteiger charge is 2.30. The van der Waals surface area contributed by atoms with Crippen molar-refractivity contribution in [3.05, 3.63) is 0 Å². The maximum atomic E-state index is 11.0. The van der Waals surface area contributed by atoms with Crippen molar-refractivity contribution in [2.24, 2.45) is 0 Å². The third kappa shape index (κ3) is 1.29. The van der Waals surface area contributed by atoms with Gasteiger partial charge in [0.2, 0.25) is 0 Å². The van der Waals surface area contributed by atoms with Crippen LogP contribution in [0.25, 0.3) is 0 Å². The zero-order valence-corrected chi connectivity index (χ0v) is 6.39. The van der Waals surface area contributed by atoms with Crippen molar-refractivity contribution in [1.29, 1.82) is 5.26 Å². The van der Waals surface area contributed by atoms with Crippen LogP contribution in [0.4, 0.5) is 0 Å². The highest BCUT2D eigenvalue weighted by molar-refractivity contribution is 7.92. The molecule has 1 atom stereocenters. The molecular weight excluding hydrogens is 150 g/mol.